The van der Waals surface area contributed by atoms with Gasteiger partial charge >= 0.3 is 0 Å². The molecule has 12 heteroatoms. The van der Waals surface area contributed by atoms with Crippen LogP contribution < -0.4 is 0 Å². The van der Waals surface area contributed by atoms with E-state index in [1.165, 1.54) is 12.4 Å². The molecule has 0 N–H and O–H groups in total. The number of rotatable bonds is 9. The van der Waals surface area contributed by atoms with Crippen molar-refractivity contribution in [3.05, 3.63) is 77.6 Å². The van der Waals surface area contributed by atoms with Crippen molar-refractivity contribution in [1.82, 2.24) is 14.5 Å². The fourth-order valence-corrected chi connectivity index (χ4v) is 6.37. The molecule has 0 spiro atoms. The van der Waals surface area contributed by atoms with Crippen LogP contribution in [0.2, 0.25) is 0 Å². The lowest BCUT2D eigenvalue weighted by Crippen LogP contribution is -2.44. The number of benzene rings is 2. The number of aryl methyl sites for hydroxylation is 1. The average Bonchev–Trinajstić information content (AvgIpc) is 3.29. The Balaban J connectivity index is 1.59. The van der Waals surface area contributed by atoms with E-state index in [1.54, 1.807) is 59.1 Å². The molecule has 0 saturated carbocycles. The minimum Gasteiger partial charge on any atom is -0.340 e. The van der Waals surface area contributed by atoms with Gasteiger partial charge in [0, 0.05) is 31.4 Å². The summed E-state index contributed by atoms with van der Waals surface area (Å²) in [7, 11) is -4.92. The van der Waals surface area contributed by atoms with Crippen LogP contribution in [0.3, 0.4) is 0 Å². The molecule has 1 amide bonds. The molecule has 1 aliphatic rings. The number of imidazole rings is 1. The van der Waals surface area contributed by atoms with Gasteiger partial charge < -0.3 is 9.47 Å². The van der Waals surface area contributed by atoms with Crippen LogP contribution in [-0.2, 0) is 44.2 Å². The van der Waals surface area contributed by atoms with Gasteiger partial charge in [-0.3, -0.25) is 8.98 Å². The summed E-state index contributed by atoms with van der Waals surface area (Å²) >= 11 is 0. The predicted octanol–water partition coefficient (Wildman–Crippen LogP) is 2.96. The highest BCUT2D eigenvalue weighted by Crippen LogP contribution is 2.28. The molecule has 1 aliphatic heterocycles. The van der Waals surface area contributed by atoms with Crippen molar-refractivity contribution in [1.29, 1.82) is 0 Å². The Morgan fingerprint density at radius 1 is 1.16 bits per heavy atom. The van der Waals surface area contributed by atoms with Gasteiger partial charge in [-0.15, -0.1) is 0 Å². The van der Waals surface area contributed by atoms with Crippen molar-refractivity contribution in [2.75, 3.05) is 24.4 Å². The Labute approximate surface area is 222 Å². The van der Waals surface area contributed by atoms with Crippen molar-refractivity contribution < 1.29 is 30.2 Å². The molecule has 0 aliphatic carbocycles. The SMILES string of the molecule is Cn1cnc(C(=O)N(Cc2ccc(F)c(-c3cccc(CCOS(C)(=O)=O)c3)c2)C2CCS(=O)(=O)CC2)c1. The van der Waals surface area contributed by atoms with E-state index in [2.05, 4.69) is 4.98 Å². The van der Waals surface area contributed by atoms with E-state index in [0.717, 1.165) is 11.8 Å². The summed E-state index contributed by atoms with van der Waals surface area (Å²) in [6.07, 6.45) is 5.11. The monoisotopic (exact) mass is 563 g/mol. The molecule has 204 valence electrons. The summed E-state index contributed by atoms with van der Waals surface area (Å²) in [5.41, 5.74) is 2.67. The standard InChI is InChI=1S/C26H30FN3O6S2/c1-29-17-25(28-18-29)26(31)30(22-9-12-38(34,35)13-10-22)16-20-6-7-24(27)23(15-20)21-5-3-4-19(14-21)8-11-36-37(2,32)33/h3-7,14-15,17-18,22H,8-13,16H2,1-2H3. The summed E-state index contributed by atoms with van der Waals surface area (Å²) in [4.78, 5) is 19.2. The van der Waals surface area contributed by atoms with Crippen molar-refractivity contribution in [3.63, 3.8) is 0 Å². The number of halogens is 1. The number of hydrogen-bond acceptors (Lipinski definition) is 7. The topological polar surface area (TPSA) is 116 Å². The summed E-state index contributed by atoms with van der Waals surface area (Å²) < 4.78 is 67.9. The van der Waals surface area contributed by atoms with Crippen molar-refractivity contribution >= 4 is 25.9 Å². The molecule has 9 nitrogen and oxygen atoms in total. The molecule has 2 aromatic carbocycles. The minimum atomic E-state index is -3.55. The van der Waals surface area contributed by atoms with Crippen LogP contribution >= 0.6 is 0 Å². The number of sulfone groups is 1. The summed E-state index contributed by atoms with van der Waals surface area (Å²) in [6.45, 7) is 0.141. The summed E-state index contributed by atoms with van der Waals surface area (Å²) in [6, 6.07) is 11.4. The normalized spacial score (nSPS) is 15.9. The maximum absolute atomic E-state index is 14.9. The van der Waals surface area contributed by atoms with E-state index >= 15 is 0 Å². The highest BCUT2D eigenvalue weighted by molar-refractivity contribution is 7.91. The third kappa shape index (κ3) is 7.27. The summed E-state index contributed by atoms with van der Waals surface area (Å²) in [5, 5.41) is 0. The van der Waals surface area contributed by atoms with Crippen LogP contribution in [0, 0.1) is 5.82 Å². The van der Waals surface area contributed by atoms with Crippen LogP contribution in [0.15, 0.2) is 55.0 Å². The van der Waals surface area contributed by atoms with Gasteiger partial charge in [-0.05, 0) is 48.1 Å². The van der Waals surface area contributed by atoms with Gasteiger partial charge in [-0.2, -0.15) is 8.42 Å². The fraction of sp³-hybridized carbons (Fsp3) is 0.385. The van der Waals surface area contributed by atoms with E-state index in [9.17, 15) is 26.0 Å². The van der Waals surface area contributed by atoms with Gasteiger partial charge in [-0.25, -0.2) is 17.8 Å². The van der Waals surface area contributed by atoms with Crippen LogP contribution in [0.25, 0.3) is 11.1 Å². The van der Waals surface area contributed by atoms with E-state index in [0.29, 0.717) is 36.0 Å². The van der Waals surface area contributed by atoms with E-state index in [-0.39, 0.29) is 42.3 Å². The minimum absolute atomic E-state index is 0.00811. The molecule has 0 bridgehead atoms. The quantitative estimate of drug-likeness (QED) is 0.368. The molecular weight excluding hydrogens is 533 g/mol. The maximum Gasteiger partial charge on any atom is 0.274 e. The van der Waals surface area contributed by atoms with Gasteiger partial charge in [-0.1, -0.05) is 30.3 Å². The van der Waals surface area contributed by atoms with E-state index in [1.807, 2.05) is 0 Å². The van der Waals surface area contributed by atoms with Crippen molar-refractivity contribution in [3.8, 4) is 11.1 Å². The zero-order valence-corrected chi connectivity index (χ0v) is 22.8. The second-order valence-electron chi connectivity index (χ2n) is 9.53. The number of nitrogens with zero attached hydrogens (tertiary/aromatic N) is 3. The van der Waals surface area contributed by atoms with Gasteiger partial charge in [0.2, 0.25) is 0 Å². The first-order valence-corrected chi connectivity index (χ1v) is 15.8. The van der Waals surface area contributed by atoms with Gasteiger partial charge in [0.15, 0.2) is 0 Å². The molecule has 1 aromatic heterocycles. The molecule has 0 atom stereocenters. The number of aromatic nitrogens is 2. The van der Waals surface area contributed by atoms with E-state index < -0.39 is 25.8 Å². The third-order valence-corrected chi connectivity index (χ3v) is 8.77. The Kier molecular flexibility index (Phi) is 8.34. The molecule has 0 radical (unpaired) electrons. The molecule has 1 fully saturated rings. The van der Waals surface area contributed by atoms with E-state index in [4.69, 9.17) is 4.18 Å². The van der Waals surface area contributed by atoms with Crippen LogP contribution in [0.4, 0.5) is 4.39 Å². The Morgan fingerprint density at radius 3 is 2.55 bits per heavy atom. The first-order valence-electron chi connectivity index (χ1n) is 12.1. The largest absolute Gasteiger partial charge is 0.340 e. The Bertz CT molecular complexity index is 1520. The smallest absolute Gasteiger partial charge is 0.274 e. The zero-order chi connectivity index (χ0) is 27.5. The number of carbonyl (C=O) groups excluding carboxylic acids is 1. The highest BCUT2D eigenvalue weighted by Gasteiger charge is 2.32. The highest BCUT2D eigenvalue weighted by atomic mass is 32.2. The molecule has 3 aromatic rings. The number of amides is 1. The van der Waals surface area contributed by atoms with Crippen LogP contribution in [-0.4, -0.2) is 67.6 Å². The van der Waals surface area contributed by atoms with Gasteiger partial charge in [0.05, 0.1) is 30.7 Å². The van der Waals surface area contributed by atoms with Crippen LogP contribution in [0.5, 0.6) is 0 Å². The molecule has 0 unspecified atom stereocenters. The molecule has 38 heavy (non-hydrogen) atoms. The lowest BCUT2D eigenvalue weighted by molar-refractivity contribution is 0.0641. The third-order valence-electron chi connectivity index (χ3n) is 6.46. The second-order valence-corrected chi connectivity index (χ2v) is 13.5. The Hall–Kier alpha value is -3.09. The average molecular weight is 564 g/mol. The lowest BCUT2D eigenvalue weighted by atomic mass is 9.99. The lowest BCUT2D eigenvalue weighted by Gasteiger charge is -2.34. The Morgan fingerprint density at radius 2 is 1.89 bits per heavy atom. The molecular formula is C26H30FN3O6S2. The van der Waals surface area contributed by atoms with Crippen molar-refractivity contribution in [2.45, 2.75) is 31.8 Å². The van der Waals surface area contributed by atoms with Gasteiger partial charge in [0.1, 0.15) is 21.3 Å². The number of hydrogen-bond donors (Lipinski definition) is 0. The maximum atomic E-state index is 14.9. The first-order chi connectivity index (χ1) is 17.9. The molecule has 2 heterocycles. The second kappa shape index (κ2) is 11.3. The molecule has 4 rings (SSSR count). The van der Waals surface area contributed by atoms with Gasteiger partial charge in [0.25, 0.3) is 16.0 Å². The molecule has 1 saturated heterocycles. The zero-order valence-electron chi connectivity index (χ0n) is 21.2. The summed E-state index contributed by atoms with van der Waals surface area (Å²) in [5.74, 6) is -0.735. The predicted molar refractivity (Wildman–Crippen MR) is 141 cm³/mol. The number of carbonyl (C=O) groups is 1. The first kappa shape index (κ1) is 27.9. The van der Waals surface area contributed by atoms with Crippen LogP contribution in [0.1, 0.15) is 34.5 Å². The fourth-order valence-electron chi connectivity index (χ4n) is 4.52. The van der Waals surface area contributed by atoms with Crippen molar-refractivity contribution in [2.24, 2.45) is 7.05 Å².